The first kappa shape index (κ1) is 15.1. The highest BCUT2D eigenvalue weighted by Crippen LogP contribution is 2.24. The first-order valence-corrected chi connectivity index (χ1v) is 7.03. The van der Waals surface area contributed by atoms with Gasteiger partial charge in [0.05, 0.1) is 5.69 Å². The first-order chi connectivity index (χ1) is 9.79. The number of rotatable bonds is 4. The molecule has 2 aromatic heterocycles. The molecule has 2 N–H and O–H groups in total. The number of thiazole rings is 1. The van der Waals surface area contributed by atoms with Crippen molar-refractivity contribution in [2.24, 2.45) is 0 Å². The number of nitrogens with zero attached hydrogens (tertiary/aromatic N) is 4. The van der Waals surface area contributed by atoms with E-state index in [1.807, 2.05) is 20.8 Å². The minimum atomic E-state index is -1.16. The lowest BCUT2D eigenvalue weighted by atomic mass is 9.90. The summed E-state index contributed by atoms with van der Waals surface area (Å²) in [5.74, 6) is -1.50. The normalized spacial score (nSPS) is 11.4. The van der Waals surface area contributed by atoms with Crippen molar-refractivity contribution in [1.29, 1.82) is 0 Å². The van der Waals surface area contributed by atoms with Gasteiger partial charge in [0.2, 0.25) is 5.91 Å². The summed E-state index contributed by atoms with van der Waals surface area (Å²) in [7, 11) is 0. The fourth-order valence-electron chi connectivity index (χ4n) is 1.89. The molecule has 112 valence electrons. The van der Waals surface area contributed by atoms with Gasteiger partial charge < -0.3 is 10.4 Å². The van der Waals surface area contributed by atoms with Gasteiger partial charge in [0.1, 0.15) is 6.54 Å². The number of aromatic nitrogens is 4. The highest BCUT2D eigenvalue weighted by Gasteiger charge is 2.29. The molecule has 0 saturated carbocycles. The number of carbonyl (C=O) groups is 2. The van der Waals surface area contributed by atoms with Crippen LogP contribution in [-0.2, 0) is 16.8 Å². The Labute approximate surface area is 124 Å². The molecule has 0 aliphatic heterocycles. The lowest BCUT2D eigenvalue weighted by Gasteiger charge is -2.20. The quantitative estimate of drug-likeness (QED) is 0.882. The van der Waals surface area contributed by atoms with Gasteiger partial charge in [-0.25, -0.2) is 14.5 Å². The average molecular weight is 309 g/mol. The van der Waals surface area contributed by atoms with Crippen molar-refractivity contribution in [3.63, 3.8) is 0 Å². The van der Waals surface area contributed by atoms with Crippen LogP contribution in [0.15, 0.2) is 11.6 Å². The van der Waals surface area contributed by atoms with E-state index in [-0.39, 0.29) is 18.1 Å². The molecule has 0 bridgehead atoms. The van der Waals surface area contributed by atoms with Crippen molar-refractivity contribution in [3.8, 4) is 0 Å². The Morgan fingerprint density at radius 3 is 2.67 bits per heavy atom. The summed E-state index contributed by atoms with van der Waals surface area (Å²) in [6.07, 6.45) is 1.58. The molecule has 21 heavy (non-hydrogen) atoms. The van der Waals surface area contributed by atoms with Crippen molar-refractivity contribution < 1.29 is 14.7 Å². The van der Waals surface area contributed by atoms with E-state index in [4.69, 9.17) is 5.11 Å². The van der Waals surface area contributed by atoms with E-state index >= 15 is 0 Å². The third-order valence-electron chi connectivity index (χ3n) is 2.62. The summed E-state index contributed by atoms with van der Waals surface area (Å²) in [5, 5.41) is 21.4. The minimum Gasteiger partial charge on any atom is -0.476 e. The van der Waals surface area contributed by atoms with Crippen LogP contribution in [0.25, 0.3) is 0 Å². The van der Waals surface area contributed by atoms with E-state index in [1.54, 1.807) is 11.6 Å². The van der Waals surface area contributed by atoms with Crippen LogP contribution >= 0.6 is 11.3 Å². The fourth-order valence-corrected chi connectivity index (χ4v) is 2.44. The molecule has 8 nitrogen and oxygen atoms in total. The predicted molar refractivity (Wildman–Crippen MR) is 76.4 cm³/mol. The molecule has 2 rings (SSSR count). The summed E-state index contributed by atoms with van der Waals surface area (Å²) < 4.78 is 1.31. The van der Waals surface area contributed by atoms with Crippen molar-refractivity contribution in [1.82, 2.24) is 20.0 Å². The molecule has 0 radical (unpaired) electrons. The molecule has 2 heterocycles. The maximum absolute atomic E-state index is 12.0. The Kier molecular flexibility index (Phi) is 4.03. The summed E-state index contributed by atoms with van der Waals surface area (Å²) in [5.41, 5.74) is -0.229. The van der Waals surface area contributed by atoms with Gasteiger partial charge in [0.15, 0.2) is 10.8 Å². The van der Waals surface area contributed by atoms with Crippen molar-refractivity contribution in [2.45, 2.75) is 32.7 Å². The molecule has 0 spiro atoms. The molecule has 0 aliphatic rings. The van der Waals surface area contributed by atoms with Crippen LogP contribution in [0.5, 0.6) is 0 Å². The second kappa shape index (κ2) is 5.60. The lowest BCUT2D eigenvalue weighted by molar-refractivity contribution is -0.117. The summed E-state index contributed by atoms with van der Waals surface area (Å²) in [6, 6.07) is 0. The highest BCUT2D eigenvalue weighted by atomic mass is 32.1. The molecule has 0 fully saturated rings. The van der Waals surface area contributed by atoms with E-state index in [0.29, 0.717) is 10.8 Å². The molecule has 0 unspecified atom stereocenters. The summed E-state index contributed by atoms with van der Waals surface area (Å²) >= 11 is 1.30. The van der Waals surface area contributed by atoms with Crippen LogP contribution in [0.3, 0.4) is 0 Å². The zero-order valence-electron chi connectivity index (χ0n) is 11.8. The highest BCUT2D eigenvalue weighted by molar-refractivity contribution is 7.13. The van der Waals surface area contributed by atoms with Gasteiger partial charge >= 0.3 is 5.97 Å². The molecular formula is C12H15N5O3S. The molecule has 0 saturated heterocycles. The first-order valence-electron chi connectivity index (χ1n) is 6.15. The van der Waals surface area contributed by atoms with Gasteiger partial charge in [0.25, 0.3) is 0 Å². The van der Waals surface area contributed by atoms with Crippen LogP contribution in [0, 0.1) is 0 Å². The Morgan fingerprint density at radius 2 is 2.14 bits per heavy atom. The predicted octanol–water partition coefficient (Wildman–Crippen LogP) is 1.37. The van der Waals surface area contributed by atoms with Crippen molar-refractivity contribution in [2.75, 3.05) is 5.32 Å². The number of hydrogen-bond donors (Lipinski definition) is 2. The minimum absolute atomic E-state index is 0.119. The monoisotopic (exact) mass is 309 g/mol. The van der Waals surface area contributed by atoms with Crippen molar-refractivity contribution >= 4 is 28.3 Å². The van der Waals surface area contributed by atoms with Gasteiger partial charge in [-0.15, -0.1) is 16.4 Å². The van der Waals surface area contributed by atoms with E-state index < -0.39 is 11.4 Å². The van der Waals surface area contributed by atoms with Crippen LogP contribution in [0.1, 0.15) is 37.0 Å². The summed E-state index contributed by atoms with van der Waals surface area (Å²) in [4.78, 5) is 27.1. The van der Waals surface area contributed by atoms with Gasteiger partial charge in [-0.2, -0.15) is 0 Å². The topological polar surface area (TPSA) is 110 Å². The molecule has 0 aromatic carbocycles. The van der Waals surface area contributed by atoms with Gasteiger partial charge in [-0.3, -0.25) is 4.79 Å². The number of nitrogens with one attached hydrogen (secondary N) is 1. The van der Waals surface area contributed by atoms with Gasteiger partial charge in [-0.05, 0) is 0 Å². The maximum atomic E-state index is 12.0. The second-order valence-electron chi connectivity index (χ2n) is 5.38. The Bertz CT molecular complexity index is 657. The molecule has 0 atom stereocenters. The second-order valence-corrected chi connectivity index (χ2v) is 6.28. The molecule has 2 aromatic rings. The van der Waals surface area contributed by atoms with Crippen LogP contribution in [-0.4, -0.2) is 37.0 Å². The van der Waals surface area contributed by atoms with E-state index in [2.05, 4.69) is 20.6 Å². The smallest absolute Gasteiger partial charge is 0.358 e. The number of aromatic carboxylic acids is 1. The number of amides is 1. The molecular weight excluding hydrogens is 294 g/mol. The van der Waals surface area contributed by atoms with E-state index in [1.165, 1.54) is 16.0 Å². The van der Waals surface area contributed by atoms with Crippen LogP contribution in [0.2, 0.25) is 0 Å². The largest absolute Gasteiger partial charge is 0.476 e. The van der Waals surface area contributed by atoms with Crippen LogP contribution < -0.4 is 5.32 Å². The Hall–Kier alpha value is -2.29. The third kappa shape index (κ3) is 3.43. The van der Waals surface area contributed by atoms with E-state index in [9.17, 15) is 9.59 Å². The number of anilines is 1. The molecule has 1 amide bonds. The maximum Gasteiger partial charge on any atom is 0.358 e. The third-order valence-corrected chi connectivity index (χ3v) is 3.31. The van der Waals surface area contributed by atoms with E-state index in [0.717, 1.165) is 0 Å². The van der Waals surface area contributed by atoms with Gasteiger partial charge in [0, 0.05) is 17.0 Å². The zero-order chi connectivity index (χ0) is 15.6. The number of carbonyl (C=O) groups excluding carboxylic acids is 1. The van der Waals surface area contributed by atoms with Crippen LogP contribution in [0.4, 0.5) is 5.13 Å². The Morgan fingerprint density at radius 1 is 1.43 bits per heavy atom. The van der Waals surface area contributed by atoms with Gasteiger partial charge in [-0.1, -0.05) is 26.0 Å². The lowest BCUT2D eigenvalue weighted by Crippen LogP contribution is -2.26. The number of carboxylic acid groups (broad SMARTS) is 1. The Balaban J connectivity index is 2.24. The SMILES string of the molecule is CC(C)(C)c1c(C(=O)O)nnn1CC(=O)Nc1nccs1. The fraction of sp³-hybridized carbons (Fsp3) is 0.417. The summed E-state index contributed by atoms with van der Waals surface area (Å²) in [6.45, 7) is 5.40. The standard InChI is InChI=1S/C12H15N5O3S/c1-12(2,3)9-8(10(19)20)15-16-17(9)6-7(18)14-11-13-4-5-21-11/h4-5H,6H2,1-3H3,(H,19,20)(H,13,14,18). The number of hydrogen-bond acceptors (Lipinski definition) is 6. The molecule has 0 aliphatic carbocycles. The average Bonchev–Trinajstić information content (AvgIpc) is 2.96. The number of carboxylic acids is 1. The van der Waals surface area contributed by atoms with Crippen molar-refractivity contribution in [3.05, 3.63) is 23.0 Å². The zero-order valence-corrected chi connectivity index (χ0v) is 12.6. The molecule has 9 heteroatoms.